The van der Waals surface area contributed by atoms with Crippen LogP contribution in [0.3, 0.4) is 0 Å². The van der Waals surface area contributed by atoms with E-state index in [0.717, 1.165) is 18.2 Å². The molecule has 6 nitrogen and oxygen atoms in total. The van der Waals surface area contributed by atoms with E-state index in [4.69, 9.17) is 16.3 Å². The van der Waals surface area contributed by atoms with Crippen LogP contribution in [0, 0.1) is 15.9 Å². The first-order chi connectivity index (χ1) is 11.2. The summed E-state index contributed by atoms with van der Waals surface area (Å²) < 4.78 is 19.3. The van der Waals surface area contributed by atoms with Crippen molar-refractivity contribution >= 4 is 28.9 Å². The fourth-order valence-corrected chi connectivity index (χ4v) is 1.97. The second-order valence-electron chi connectivity index (χ2n) is 5.44. The summed E-state index contributed by atoms with van der Waals surface area (Å²) in [5.74, 6) is -1.04. The van der Waals surface area contributed by atoms with Gasteiger partial charge in [-0.3, -0.25) is 14.9 Å². The number of nitro benzene ring substituents is 1. The molecular weight excluding hydrogens is 339 g/mol. The summed E-state index contributed by atoms with van der Waals surface area (Å²) in [6.07, 6.45) is 0. The van der Waals surface area contributed by atoms with E-state index in [2.05, 4.69) is 5.32 Å². The number of benzene rings is 2. The minimum Gasteiger partial charge on any atom is -0.478 e. The lowest BCUT2D eigenvalue weighted by molar-refractivity contribution is -0.384. The van der Waals surface area contributed by atoms with E-state index in [-0.39, 0.29) is 11.4 Å². The van der Waals surface area contributed by atoms with Gasteiger partial charge in [-0.2, -0.15) is 0 Å². The topological polar surface area (TPSA) is 81.5 Å². The van der Waals surface area contributed by atoms with Crippen LogP contribution in [0.4, 0.5) is 15.8 Å². The number of halogens is 2. The number of rotatable bonds is 5. The molecule has 2 aromatic carbocycles. The van der Waals surface area contributed by atoms with Gasteiger partial charge in [-0.25, -0.2) is 4.39 Å². The van der Waals surface area contributed by atoms with Crippen molar-refractivity contribution in [1.82, 2.24) is 0 Å². The van der Waals surface area contributed by atoms with Gasteiger partial charge in [-0.05, 0) is 44.2 Å². The Kier molecular flexibility index (Phi) is 5.04. The van der Waals surface area contributed by atoms with Gasteiger partial charge in [0.25, 0.3) is 11.6 Å². The third-order valence-corrected chi connectivity index (χ3v) is 3.39. The molecule has 1 amide bonds. The lowest BCUT2D eigenvalue weighted by Gasteiger charge is -2.25. The van der Waals surface area contributed by atoms with Crippen LogP contribution >= 0.6 is 11.6 Å². The maximum absolute atomic E-state index is 13.8. The number of hydrogen-bond acceptors (Lipinski definition) is 4. The van der Waals surface area contributed by atoms with Gasteiger partial charge in [0.1, 0.15) is 11.6 Å². The molecule has 2 aromatic rings. The number of nitro groups is 1. The molecule has 0 aromatic heterocycles. The normalized spacial score (nSPS) is 11.0. The second-order valence-corrected chi connectivity index (χ2v) is 5.88. The Balaban J connectivity index is 2.17. The Morgan fingerprint density at radius 1 is 1.25 bits per heavy atom. The molecule has 0 saturated heterocycles. The fourth-order valence-electron chi connectivity index (χ4n) is 1.84. The minimum atomic E-state index is -1.34. The lowest BCUT2D eigenvalue weighted by Crippen LogP contribution is -2.42. The van der Waals surface area contributed by atoms with Crippen LogP contribution < -0.4 is 10.1 Å². The summed E-state index contributed by atoms with van der Waals surface area (Å²) in [6.45, 7) is 2.98. The third kappa shape index (κ3) is 4.20. The number of ether oxygens (including phenoxy) is 1. The molecule has 0 aliphatic rings. The largest absolute Gasteiger partial charge is 0.478 e. The van der Waals surface area contributed by atoms with Gasteiger partial charge >= 0.3 is 0 Å². The molecule has 0 unspecified atom stereocenters. The molecule has 8 heteroatoms. The van der Waals surface area contributed by atoms with Crippen molar-refractivity contribution in [3.63, 3.8) is 0 Å². The first-order valence-corrected chi connectivity index (χ1v) is 7.27. The molecule has 24 heavy (non-hydrogen) atoms. The Morgan fingerprint density at radius 3 is 2.46 bits per heavy atom. The molecule has 2 rings (SSSR count). The van der Waals surface area contributed by atoms with Gasteiger partial charge < -0.3 is 10.1 Å². The second kappa shape index (κ2) is 6.84. The Bertz CT molecular complexity index is 778. The highest BCUT2D eigenvalue weighted by Gasteiger charge is 2.31. The average molecular weight is 353 g/mol. The van der Waals surface area contributed by atoms with Gasteiger partial charge in [0, 0.05) is 17.2 Å². The fraction of sp³-hybridized carbons (Fsp3) is 0.188. The number of amides is 1. The SMILES string of the molecule is CC(C)(Oc1ccc(Cl)cc1)C(=O)Nc1cc([N+](=O)[O-])ccc1F. The molecule has 0 aliphatic carbocycles. The van der Waals surface area contributed by atoms with Crippen molar-refractivity contribution < 1.29 is 18.8 Å². The average Bonchev–Trinajstić information content (AvgIpc) is 2.51. The first-order valence-electron chi connectivity index (χ1n) is 6.89. The van der Waals surface area contributed by atoms with Crippen LogP contribution in [-0.2, 0) is 4.79 Å². The molecule has 0 fully saturated rings. The van der Waals surface area contributed by atoms with Crippen molar-refractivity contribution in [3.05, 3.63) is 63.4 Å². The molecule has 0 heterocycles. The third-order valence-electron chi connectivity index (χ3n) is 3.14. The number of carbonyl (C=O) groups is 1. The van der Waals surface area contributed by atoms with Crippen LogP contribution in [0.1, 0.15) is 13.8 Å². The molecule has 0 atom stereocenters. The summed E-state index contributed by atoms with van der Waals surface area (Å²) in [5.41, 5.74) is -1.96. The summed E-state index contributed by atoms with van der Waals surface area (Å²) in [6, 6.07) is 9.26. The predicted octanol–water partition coefficient (Wildman–Crippen LogP) is 4.18. The van der Waals surface area contributed by atoms with E-state index < -0.39 is 22.2 Å². The van der Waals surface area contributed by atoms with Gasteiger partial charge in [-0.1, -0.05) is 11.6 Å². The van der Waals surface area contributed by atoms with Crippen molar-refractivity contribution in [2.45, 2.75) is 19.4 Å². The molecule has 0 radical (unpaired) electrons. The molecule has 1 N–H and O–H groups in total. The quantitative estimate of drug-likeness (QED) is 0.646. The van der Waals surface area contributed by atoms with Crippen LogP contribution in [0.15, 0.2) is 42.5 Å². The van der Waals surface area contributed by atoms with E-state index in [1.807, 2.05) is 0 Å². The number of hydrogen-bond donors (Lipinski definition) is 1. The van der Waals surface area contributed by atoms with Crippen molar-refractivity contribution in [1.29, 1.82) is 0 Å². The molecule has 0 saturated carbocycles. The molecular formula is C16H14ClFN2O4. The van der Waals surface area contributed by atoms with Crippen molar-refractivity contribution in [2.24, 2.45) is 0 Å². The van der Waals surface area contributed by atoms with E-state index in [1.165, 1.54) is 13.8 Å². The van der Waals surface area contributed by atoms with Crippen LogP contribution in [-0.4, -0.2) is 16.4 Å². The summed E-state index contributed by atoms with van der Waals surface area (Å²) in [5, 5.41) is 13.6. The number of anilines is 1. The monoisotopic (exact) mass is 352 g/mol. The summed E-state index contributed by atoms with van der Waals surface area (Å²) >= 11 is 5.78. The lowest BCUT2D eigenvalue weighted by atomic mass is 10.1. The zero-order valence-corrected chi connectivity index (χ0v) is 13.6. The molecule has 0 aliphatic heterocycles. The van der Waals surface area contributed by atoms with Crippen LogP contribution in [0.5, 0.6) is 5.75 Å². The van der Waals surface area contributed by atoms with E-state index >= 15 is 0 Å². The minimum absolute atomic E-state index is 0.290. The van der Waals surface area contributed by atoms with Gasteiger partial charge in [0.05, 0.1) is 10.6 Å². The number of nitrogens with zero attached hydrogens (tertiary/aromatic N) is 1. The first kappa shape index (κ1) is 17.7. The Labute approximate surface area is 142 Å². The zero-order valence-electron chi connectivity index (χ0n) is 12.9. The van der Waals surface area contributed by atoms with E-state index in [0.29, 0.717) is 10.8 Å². The number of nitrogens with one attached hydrogen (secondary N) is 1. The maximum atomic E-state index is 13.8. The number of carbonyl (C=O) groups excluding carboxylic acids is 1. The van der Waals surface area contributed by atoms with E-state index in [1.54, 1.807) is 24.3 Å². The Hall–Kier alpha value is -2.67. The Morgan fingerprint density at radius 2 is 1.88 bits per heavy atom. The summed E-state index contributed by atoms with van der Waals surface area (Å²) in [4.78, 5) is 22.4. The van der Waals surface area contributed by atoms with Crippen molar-refractivity contribution in [2.75, 3.05) is 5.32 Å². The molecule has 0 spiro atoms. The summed E-state index contributed by atoms with van der Waals surface area (Å²) in [7, 11) is 0. The highest BCUT2D eigenvalue weighted by Crippen LogP contribution is 2.25. The molecule has 0 bridgehead atoms. The highest BCUT2D eigenvalue weighted by molar-refractivity contribution is 6.30. The molecule has 126 valence electrons. The van der Waals surface area contributed by atoms with Crippen LogP contribution in [0.2, 0.25) is 5.02 Å². The van der Waals surface area contributed by atoms with E-state index in [9.17, 15) is 19.3 Å². The van der Waals surface area contributed by atoms with Crippen molar-refractivity contribution in [3.8, 4) is 5.75 Å². The predicted molar refractivity (Wildman–Crippen MR) is 87.8 cm³/mol. The highest BCUT2D eigenvalue weighted by atomic mass is 35.5. The maximum Gasteiger partial charge on any atom is 0.271 e. The standard InChI is InChI=1S/C16H14ClFN2O4/c1-16(2,24-12-6-3-10(17)4-7-12)15(21)19-14-9-11(20(22)23)5-8-13(14)18/h3-9H,1-2H3,(H,19,21). The smallest absolute Gasteiger partial charge is 0.271 e. The van der Waals surface area contributed by atoms with Gasteiger partial charge in [-0.15, -0.1) is 0 Å². The van der Waals surface area contributed by atoms with Crippen LogP contribution in [0.25, 0.3) is 0 Å². The van der Waals surface area contributed by atoms with Gasteiger partial charge in [0.15, 0.2) is 5.60 Å². The van der Waals surface area contributed by atoms with Gasteiger partial charge in [0.2, 0.25) is 0 Å². The zero-order chi connectivity index (χ0) is 17.9. The number of non-ortho nitro benzene ring substituents is 1.